The van der Waals surface area contributed by atoms with Crippen LogP contribution < -0.4 is 10.5 Å². The standard InChI is InChI=1S/C9H15N3O3S/c1-7(10)8(13)6-12-16(14,15)9-4-2-3-5-11-9/h2-5,7-8,12-13H,6,10H2,1H3/t7-,8?/m0/s1. The lowest BCUT2D eigenvalue weighted by Crippen LogP contribution is -2.41. The van der Waals surface area contributed by atoms with E-state index >= 15 is 0 Å². The molecule has 16 heavy (non-hydrogen) atoms. The summed E-state index contributed by atoms with van der Waals surface area (Å²) >= 11 is 0. The van der Waals surface area contributed by atoms with E-state index in [-0.39, 0.29) is 11.6 Å². The zero-order valence-corrected chi connectivity index (χ0v) is 9.68. The molecular formula is C9H15N3O3S. The Bertz CT molecular complexity index is 419. The van der Waals surface area contributed by atoms with Crippen molar-refractivity contribution in [1.29, 1.82) is 0 Å². The molecule has 1 aromatic heterocycles. The van der Waals surface area contributed by atoms with E-state index in [9.17, 15) is 13.5 Å². The summed E-state index contributed by atoms with van der Waals surface area (Å²) in [4.78, 5) is 3.71. The van der Waals surface area contributed by atoms with Crippen LogP contribution in [0.2, 0.25) is 0 Å². The van der Waals surface area contributed by atoms with Gasteiger partial charge in [-0.25, -0.2) is 18.1 Å². The van der Waals surface area contributed by atoms with Crippen LogP contribution in [-0.2, 0) is 10.0 Å². The average Bonchev–Trinajstić information content (AvgIpc) is 2.27. The Balaban J connectivity index is 2.67. The Kier molecular flexibility index (Phi) is 4.36. The molecule has 4 N–H and O–H groups in total. The van der Waals surface area contributed by atoms with Gasteiger partial charge < -0.3 is 10.8 Å². The summed E-state index contributed by atoms with van der Waals surface area (Å²) in [6, 6.07) is 4.08. The topological polar surface area (TPSA) is 105 Å². The molecule has 1 rings (SSSR count). The Labute approximate surface area is 94.6 Å². The van der Waals surface area contributed by atoms with E-state index in [4.69, 9.17) is 5.73 Å². The summed E-state index contributed by atoms with van der Waals surface area (Å²) in [7, 11) is -3.67. The summed E-state index contributed by atoms with van der Waals surface area (Å²) in [5.41, 5.74) is 5.40. The maximum Gasteiger partial charge on any atom is 0.258 e. The molecule has 0 aromatic carbocycles. The minimum absolute atomic E-state index is 0.0770. The van der Waals surface area contributed by atoms with Crippen molar-refractivity contribution in [3.63, 3.8) is 0 Å². The molecule has 0 saturated carbocycles. The number of nitrogens with zero attached hydrogens (tertiary/aromatic N) is 1. The number of hydrogen-bond donors (Lipinski definition) is 3. The predicted octanol–water partition coefficient (Wildman–Crippen LogP) is -0.932. The van der Waals surface area contributed by atoms with Crippen molar-refractivity contribution in [2.75, 3.05) is 6.54 Å². The fraction of sp³-hybridized carbons (Fsp3) is 0.444. The van der Waals surface area contributed by atoms with Gasteiger partial charge in [0.2, 0.25) is 0 Å². The largest absolute Gasteiger partial charge is 0.390 e. The van der Waals surface area contributed by atoms with Crippen molar-refractivity contribution in [2.24, 2.45) is 5.73 Å². The van der Waals surface area contributed by atoms with Crippen molar-refractivity contribution in [3.05, 3.63) is 24.4 Å². The van der Waals surface area contributed by atoms with Gasteiger partial charge >= 0.3 is 0 Å². The quantitative estimate of drug-likeness (QED) is 0.621. The molecule has 0 radical (unpaired) electrons. The molecule has 6 nitrogen and oxygen atoms in total. The first kappa shape index (κ1) is 13.0. The Morgan fingerprint density at radius 1 is 1.56 bits per heavy atom. The van der Waals surface area contributed by atoms with Crippen LogP contribution in [0.25, 0.3) is 0 Å². The van der Waals surface area contributed by atoms with Crippen LogP contribution in [0.15, 0.2) is 29.4 Å². The van der Waals surface area contributed by atoms with E-state index in [1.165, 1.54) is 12.3 Å². The van der Waals surface area contributed by atoms with Crippen LogP contribution in [0.5, 0.6) is 0 Å². The molecule has 0 aliphatic carbocycles. The van der Waals surface area contributed by atoms with Gasteiger partial charge in [-0.1, -0.05) is 6.07 Å². The first-order valence-corrected chi connectivity index (χ1v) is 6.26. The van der Waals surface area contributed by atoms with Gasteiger partial charge in [0.05, 0.1) is 6.10 Å². The molecule has 1 heterocycles. The van der Waals surface area contributed by atoms with Gasteiger partial charge in [0.15, 0.2) is 5.03 Å². The molecule has 0 aliphatic rings. The molecule has 90 valence electrons. The van der Waals surface area contributed by atoms with Gasteiger partial charge in [0.1, 0.15) is 0 Å². The molecule has 0 spiro atoms. The van der Waals surface area contributed by atoms with Crippen LogP contribution in [0.1, 0.15) is 6.92 Å². The molecule has 2 atom stereocenters. The highest BCUT2D eigenvalue weighted by Crippen LogP contribution is 2.03. The monoisotopic (exact) mass is 245 g/mol. The maximum absolute atomic E-state index is 11.6. The fourth-order valence-corrected chi connectivity index (χ4v) is 1.96. The SMILES string of the molecule is C[C@H](N)C(O)CNS(=O)(=O)c1ccccn1. The first-order valence-electron chi connectivity index (χ1n) is 4.78. The first-order chi connectivity index (χ1) is 7.43. The van der Waals surface area contributed by atoms with Gasteiger partial charge in [0, 0.05) is 18.8 Å². The summed E-state index contributed by atoms with van der Waals surface area (Å²) in [6.45, 7) is 1.47. The number of sulfonamides is 1. The lowest BCUT2D eigenvalue weighted by atomic mass is 10.2. The highest BCUT2D eigenvalue weighted by molar-refractivity contribution is 7.89. The molecular weight excluding hydrogens is 230 g/mol. The second kappa shape index (κ2) is 5.35. The van der Waals surface area contributed by atoms with E-state index in [2.05, 4.69) is 9.71 Å². The van der Waals surface area contributed by atoms with Crippen LogP contribution in [0, 0.1) is 0 Å². The molecule has 0 saturated heterocycles. The van der Waals surface area contributed by atoms with E-state index in [1.54, 1.807) is 19.1 Å². The molecule has 0 aliphatic heterocycles. The van der Waals surface area contributed by atoms with Crippen LogP contribution in [0.3, 0.4) is 0 Å². The number of aliphatic hydroxyl groups excluding tert-OH is 1. The van der Waals surface area contributed by atoms with Crippen LogP contribution in [0.4, 0.5) is 0 Å². The van der Waals surface area contributed by atoms with E-state index in [0.717, 1.165) is 0 Å². The smallest absolute Gasteiger partial charge is 0.258 e. The molecule has 1 aromatic rings. The van der Waals surface area contributed by atoms with E-state index < -0.39 is 22.2 Å². The number of aliphatic hydroxyl groups is 1. The van der Waals surface area contributed by atoms with Gasteiger partial charge in [-0.3, -0.25) is 0 Å². The zero-order chi connectivity index (χ0) is 12.2. The Hall–Kier alpha value is -1.02. The summed E-state index contributed by atoms with van der Waals surface area (Å²) < 4.78 is 25.5. The van der Waals surface area contributed by atoms with Gasteiger partial charge in [-0.05, 0) is 19.1 Å². The third kappa shape index (κ3) is 3.53. The minimum Gasteiger partial charge on any atom is -0.390 e. The number of nitrogens with two attached hydrogens (primary N) is 1. The van der Waals surface area contributed by atoms with Gasteiger partial charge in [-0.2, -0.15) is 0 Å². The summed E-state index contributed by atoms with van der Waals surface area (Å²) in [5.74, 6) is 0. The molecule has 0 bridgehead atoms. The summed E-state index contributed by atoms with van der Waals surface area (Å²) in [5, 5.41) is 9.29. The second-order valence-corrected chi connectivity index (χ2v) is 5.16. The van der Waals surface area contributed by atoms with Crippen LogP contribution >= 0.6 is 0 Å². The van der Waals surface area contributed by atoms with Crippen LogP contribution in [-0.4, -0.2) is 37.2 Å². The number of hydrogen-bond acceptors (Lipinski definition) is 5. The number of aromatic nitrogens is 1. The van der Waals surface area contributed by atoms with Gasteiger partial charge in [-0.15, -0.1) is 0 Å². The molecule has 7 heteroatoms. The van der Waals surface area contributed by atoms with Crippen molar-refractivity contribution >= 4 is 10.0 Å². The third-order valence-corrected chi connectivity index (χ3v) is 3.34. The van der Waals surface area contributed by atoms with Crippen molar-refractivity contribution in [3.8, 4) is 0 Å². The summed E-state index contributed by atoms with van der Waals surface area (Å²) in [6.07, 6.45) is 0.467. The third-order valence-electron chi connectivity index (χ3n) is 2.00. The molecule has 1 unspecified atom stereocenters. The lowest BCUT2D eigenvalue weighted by Gasteiger charge is -2.14. The van der Waals surface area contributed by atoms with Gasteiger partial charge in [0.25, 0.3) is 10.0 Å². The molecule has 0 fully saturated rings. The second-order valence-electron chi connectivity index (χ2n) is 3.45. The Morgan fingerprint density at radius 2 is 2.25 bits per heavy atom. The number of rotatable bonds is 5. The minimum atomic E-state index is -3.67. The normalized spacial score (nSPS) is 15.7. The Morgan fingerprint density at radius 3 is 2.75 bits per heavy atom. The van der Waals surface area contributed by atoms with Crippen molar-refractivity contribution in [2.45, 2.75) is 24.1 Å². The lowest BCUT2D eigenvalue weighted by molar-refractivity contribution is 0.155. The maximum atomic E-state index is 11.6. The highest BCUT2D eigenvalue weighted by atomic mass is 32.2. The number of pyridine rings is 1. The van der Waals surface area contributed by atoms with Crippen molar-refractivity contribution in [1.82, 2.24) is 9.71 Å². The zero-order valence-electron chi connectivity index (χ0n) is 8.87. The average molecular weight is 245 g/mol. The predicted molar refractivity (Wildman–Crippen MR) is 59.1 cm³/mol. The number of nitrogens with one attached hydrogen (secondary N) is 1. The molecule has 0 amide bonds. The van der Waals surface area contributed by atoms with E-state index in [1.807, 2.05) is 0 Å². The van der Waals surface area contributed by atoms with Crippen molar-refractivity contribution < 1.29 is 13.5 Å². The fourth-order valence-electron chi connectivity index (χ4n) is 0.961. The highest BCUT2D eigenvalue weighted by Gasteiger charge is 2.18. The van der Waals surface area contributed by atoms with E-state index in [0.29, 0.717) is 0 Å².